The molecule has 6 nitrogen and oxygen atoms in total. The van der Waals surface area contributed by atoms with Crippen LogP contribution in [0.2, 0.25) is 0 Å². The van der Waals surface area contributed by atoms with Crippen molar-refractivity contribution in [1.29, 1.82) is 15.8 Å². The van der Waals surface area contributed by atoms with Crippen molar-refractivity contribution in [3.8, 4) is 18.2 Å². The van der Waals surface area contributed by atoms with Crippen LogP contribution in [0.3, 0.4) is 0 Å². The molecule has 0 N–H and O–H groups in total. The Bertz CT molecular complexity index is 1850. The van der Waals surface area contributed by atoms with E-state index in [1.165, 1.54) is 74.8 Å². The van der Waals surface area contributed by atoms with E-state index in [1.807, 2.05) is 36.5 Å². The van der Waals surface area contributed by atoms with Crippen LogP contribution in [0.1, 0.15) is 108 Å². The van der Waals surface area contributed by atoms with Crippen molar-refractivity contribution in [2.45, 2.75) is 57.8 Å². The Balaban J connectivity index is 1.26. The largest absolute Gasteiger partial charge is 0.372 e. The van der Waals surface area contributed by atoms with Gasteiger partial charge in [-0.05, 0) is 111 Å². The van der Waals surface area contributed by atoms with Gasteiger partial charge in [0, 0.05) is 73.0 Å². The number of nitriles is 3. The van der Waals surface area contributed by atoms with Crippen LogP contribution >= 0.6 is 0 Å². The highest BCUT2D eigenvalue weighted by molar-refractivity contribution is 5.90. The van der Waals surface area contributed by atoms with E-state index in [-0.39, 0.29) is 0 Å². The fraction of sp³-hybridized carbons (Fsp3) is 0.312. The first-order valence-electron chi connectivity index (χ1n) is 19.7. The molecule has 0 aromatic heterocycles. The van der Waals surface area contributed by atoms with E-state index in [4.69, 9.17) is 0 Å². The molecular weight excluding hydrogens is 661 g/mol. The van der Waals surface area contributed by atoms with Gasteiger partial charge in [0.1, 0.15) is 18.2 Å². The van der Waals surface area contributed by atoms with Gasteiger partial charge in [-0.25, -0.2) is 0 Å². The Morgan fingerprint density at radius 3 is 0.796 bits per heavy atom. The number of nitrogens with zero attached hydrogens (tertiary/aromatic N) is 6. The summed E-state index contributed by atoms with van der Waals surface area (Å²) in [6.45, 7) is 6.47. The zero-order valence-electron chi connectivity index (χ0n) is 31.2. The maximum atomic E-state index is 10.7. The van der Waals surface area contributed by atoms with Gasteiger partial charge in [-0.1, -0.05) is 72.9 Å². The summed E-state index contributed by atoms with van der Waals surface area (Å²) in [7, 11) is 0. The minimum atomic E-state index is 0.313. The van der Waals surface area contributed by atoms with E-state index >= 15 is 0 Å². The lowest BCUT2D eigenvalue weighted by molar-refractivity contribution is 0.578. The van der Waals surface area contributed by atoms with E-state index in [0.29, 0.717) is 33.4 Å². The summed E-state index contributed by atoms with van der Waals surface area (Å²) in [6, 6.07) is 32.6. The van der Waals surface area contributed by atoms with Crippen LogP contribution in [0.25, 0.3) is 36.5 Å². The molecule has 4 aromatic rings. The summed E-state index contributed by atoms with van der Waals surface area (Å²) >= 11 is 0. The van der Waals surface area contributed by atoms with Crippen molar-refractivity contribution in [3.05, 3.63) is 123 Å². The normalized spacial score (nSPS) is 16.5. The van der Waals surface area contributed by atoms with Crippen LogP contribution in [-0.4, -0.2) is 39.3 Å². The van der Waals surface area contributed by atoms with Crippen LogP contribution < -0.4 is 14.7 Å². The maximum absolute atomic E-state index is 10.7. The van der Waals surface area contributed by atoms with Crippen molar-refractivity contribution in [2.24, 2.45) is 0 Å². The van der Waals surface area contributed by atoms with E-state index < -0.39 is 0 Å². The third-order valence-corrected chi connectivity index (χ3v) is 11.1. The van der Waals surface area contributed by atoms with Crippen molar-refractivity contribution < 1.29 is 0 Å². The molecule has 0 radical (unpaired) electrons. The maximum Gasteiger partial charge on any atom is 0.100 e. The molecule has 7 rings (SSSR count). The third kappa shape index (κ3) is 8.44. The molecule has 0 unspecified atom stereocenters. The summed E-state index contributed by atoms with van der Waals surface area (Å²) < 4.78 is 0. The lowest BCUT2D eigenvalue weighted by Gasteiger charge is -2.28. The molecule has 3 aliphatic rings. The highest BCUT2D eigenvalue weighted by atomic mass is 15.1. The van der Waals surface area contributed by atoms with Crippen molar-refractivity contribution in [2.75, 3.05) is 54.0 Å². The molecule has 0 spiro atoms. The molecule has 0 amide bonds. The number of benzene rings is 4. The molecule has 54 heavy (non-hydrogen) atoms. The average molecular weight is 709 g/mol. The van der Waals surface area contributed by atoms with Crippen LogP contribution in [-0.2, 0) is 0 Å². The quantitative estimate of drug-likeness (QED) is 0.161. The van der Waals surface area contributed by atoms with Crippen LogP contribution in [0.5, 0.6) is 0 Å². The van der Waals surface area contributed by atoms with E-state index in [0.717, 1.165) is 56.0 Å². The second-order valence-electron chi connectivity index (χ2n) is 14.6. The first-order chi connectivity index (χ1) is 26.6. The van der Waals surface area contributed by atoms with E-state index in [9.17, 15) is 15.8 Å². The number of hydrogen-bond donors (Lipinski definition) is 0. The van der Waals surface area contributed by atoms with Gasteiger partial charge in [0.05, 0.1) is 16.7 Å². The Morgan fingerprint density at radius 1 is 0.333 bits per heavy atom. The number of hydrogen-bond acceptors (Lipinski definition) is 6. The summed E-state index contributed by atoms with van der Waals surface area (Å²) in [6.07, 6.45) is 22.6. The number of rotatable bonds is 9. The van der Waals surface area contributed by atoms with Gasteiger partial charge < -0.3 is 14.7 Å². The average Bonchev–Trinajstić information content (AvgIpc) is 3.25. The minimum Gasteiger partial charge on any atom is -0.372 e. The fourth-order valence-electron chi connectivity index (χ4n) is 8.06. The van der Waals surface area contributed by atoms with Gasteiger partial charge in [-0.15, -0.1) is 0 Å². The van der Waals surface area contributed by atoms with Gasteiger partial charge in [0.25, 0.3) is 0 Å². The molecule has 3 aliphatic heterocycles. The van der Waals surface area contributed by atoms with Gasteiger partial charge in [0.2, 0.25) is 0 Å². The molecule has 0 atom stereocenters. The highest BCUT2D eigenvalue weighted by Crippen LogP contribution is 2.33. The summed E-state index contributed by atoms with van der Waals surface area (Å²) in [5.74, 6) is 0. The first-order valence-corrected chi connectivity index (χ1v) is 19.7. The SMILES string of the molecule is N#Cc1c(/C=C/c2ccc(N3CCCCC3)cc2)c(C#N)c(/C=C/c2ccc(N3CCCCC3)cc2)c(C#N)c1/C=C/c1ccc(N2CCCCC2)cc1. The van der Waals surface area contributed by atoms with Gasteiger partial charge in [-0.3, -0.25) is 0 Å². The molecule has 4 aromatic carbocycles. The fourth-order valence-corrected chi connectivity index (χ4v) is 8.06. The van der Waals surface area contributed by atoms with Gasteiger partial charge in [0.15, 0.2) is 0 Å². The zero-order valence-corrected chi connectivity index (χ0v) is 31.2. The van der Waals surface area contributed by atoms with Crippen LogP contribution in [0.4, 0.5) is 17.1 Å². The first kappa shape index (κ1) is 36.3. The predicted octanol–water partition coefficient (Wildman–Crippen LogP) is 10.8. The predicted molar refractivity (Wildman–Crippen MR) is 225 cm³/mol. The lowest BCUT2D eigenvalue weighted by Crippen LogP contribution is -2.29. The molecule has 3 heterocycles. The molecule has 3 fully saturated rings. The zero-order chi connectivity index (χ0) is 37.1. The Kier molecular flexibility index (Phi) is 11.9. The van der Waals surface area contributed by atoms with E-state index in [1.54, 1.807) is 0 Å². The Morgan fingerprint density at radius 2 is 0.574 bits per heavy atom. The monoisotopic (exact) mass is 708 g/mol. The van der Waals surface area contributed by atoms with Crippen LogP contribution in [0, 0.1) is 34.0 Å². The van der Waals surface area contributed by atoms with Crippen molar-refractivity contribution >= 4 is 53.5 Å². The molecule has 0 saturated carbocycles. The summed E-state index contributed by atoms with van der Waals surface area (Å²) in [5.41, 5.74) is 9.06. The molecule has 3 saturated heterocycles. The van der Waals surface area contributed by atoms with Gasteiger partial charge >= 0.3 is 0 Å². The third-order valence-electron chi connectivity index (χ3n) is 11.1. The van der Waals surface area contributed by atoms with Crippen molar-refractivity contribution in [3.63, 3.8) is 0 Å². The minimum absolute atomic E-state index is 0.313. The van der Waals surface area contributed by atoms with Gasteiger partial charge in [-0.2, -0.15) is 15.8 Å². The van der Waals surface area contributed by atoms with Crippen molar-refractivity contribution in [1.82, 2.24) is 0 Å². The second kappa shape index (κ2) is 17.7. The lowest BCUT2D eigenvalue weighted by atomic mass is 9.86. The second-order valence-corrected chi connectivity index (χ2v) is 14.6. The summed E-state index contributed by atoms with van der Waals surface area (Å²) in [5, 5.41) is 32.0. The number of anilines is 3. The molecule has 0 aliphatic carbocycles. The number of piperidine rings is 3. The van der Waals surface area contributed by atoms with E-state index in [2.05, 4.69) is 106 Å². The standard InChI is InChI=1S/C48H48N6/c49-34-46-43(25-16-37-10-19-40(20-11-37)52-28-4-1-5-29-52)47(35-50)45(27-18-39-14-23-42(24-15-39)54-32-8-3-9-33-54)48(36-51)44(46)26-17-38-12-21-41(22-13-38)53-30-6-2-7-31-53/h10-27H,1-9,28-33H2/b25-16+,26-17+,27-18+. The van der Waals surface area contributed by atoms with Crippen LogP contribution in [0.15, 0.2) is 72.8 Å². The Hall–Kier alpha value is -6.03. The topological polar surface area (TPSA) is 81.1 Å². The molecule has 0 bridgehead atoms. The highest BCUT2D eigenvalue weighted by Gasteiger charge is 2.21. The smallest absolute Gasteiger partial charge is 0.100 e. The molecule has 270 valence electrons. The Labute approximate surface area is 321 Å². The molecular formula is C48H48N6. The molecule has 6 heteroatoms. The summed E-state index contributed by atoms with van der Waals surface area (Å²) in [4.78, 5) is 7.29.